The number of benzene rings is 1. The van der Waals surface area contributed by atoms with Crippen LogP contribution in [0.15, 0.2) is 12.1 Å². The maximum absolute atomic E-state index is 12.6. The minimum atomic E-state index is -0.237. The molecule has 1 atom stereocenters. The third kappa shape index (κ3) is 3.08. The number of amides is 1. The fourth-order valence-corrected chi connectivity index (χ4v) is 3.33. The van der Waals surface area contributed by atoms with E-state index in [0.717, 1.165) is 31.0 Å². The van der Waals surface area contributed by atoms with E-state index >= 15 is 0 Å². The van der Waals surface area contributed by atoms with Crippen LogP contribution in [0.4, 0.5) is 11.4 Å². The summed E-state index contributed by atoms with van der Waals surface area (Å²) < 4.78 is 10.8. The van der Waals surface area contributed by atoms with Crippen molar-refractivity contribution in [3.63, 3.8) is 0 Å². The predicted octanol–water partition coefficient (Wildman–Crippen LogP) is 1.95. The van der Waals surface area contributed by atoms with Crippen LogP contribution in [-0.4, -0.2) is 57.2 Å². The SMILES string of the molecule is COc1cc2c(cc1OC)N(CCN1CCCC1)C(=O)C(C)N2. The van der Waals surface area contributed by atoms with Crippen molar-refractivity contribution in [3.8, 4) is 11.5 Å². The van der Waals surface area contributed by atoms with Crippen molar-refractivity contribution >= 4 is 17.3 Å². The molecule has 1 saturated heterocycles. The first-order valence-electron chi connectivity index (χ1n) is 8.20. The van der Waals surface area contributed by atoms with E-state index in [1.807, 2.05) is 24.0 Å². The smallest absolute Gasteiger partial charge is 0.249 e. The van der Waals surface area contributed by atoms with Gasteiger partial charge in [0.1, 0.15) is 6.04 Å². The molecule has 1 aromatic carbocycles. The molecule has 0 bridgehead atoms. The van der Waals surface area contributed by atoms with E-state index < -0.39 is 0 Å². The summed E-state index contributed by atoms with van der Waals surface area (Å²) >= 11 is 0. The van der Waals surface area contributed by atoms with Gasteiger partial charge in [0, 0.05) is 25.2 Å². The molecule has 6 heteroatoms. The molecule has 0 saturated carbocycles. The molecule has 0 radical (unpaired) electrons. The number of nitrogens with one attached hydrogen (secondary N) is 1. The highest BCUT2D eigenvalue weighted by atomic mass is 16.5. The number of likely N-dealkylation sites (tertiary alicyclic amines) is 1. The molecular formula is C17H25N3O3. The molecule has 1 aromatic rings. The Morgan fingerprint density at radius 3 is 2.43 bits per heavy atom. The lowest BCUT2D eigenvalue weighted by atomic mass is 10.1. The Labute approximate surface area is 137 Å². The van der Waals surface area contributed by atoms with E-state index in [9.17, 15) is 4.79 Å². The normalized spacial score (nSPS) is 21.1. The first kappa shape index (κ1) is 15.9. The van der Waals surface area contributed by atoms with E-state index in [1.54, 1.807) is 14.2 Å². The zero-order valence-electron chi connectivity index (χ0n) is 14.1. The van der Waals surface area contributed by atoms with E-state index in [2.05, 4.69) is 10.2 Å². The summed E-state index contributed by atoms with van der Waals surface area (Å²) in [6, 6.07) is 3.55. The summed E-state index contributed by atoms with van der Waals surface area (Å²) in [5.74, 6) is 1.41. The van der Waals surface area contributed by atoms with E-state index in [4.69, 9.17) is 9.47 Å². The third-order valence-electron chi connectivity index (χ3n) is 4.64. The van der Waals surface area contributed by atoms with Crippen molar-refractivity contribution in [2.75, 3.05) is 50.6 Å². The molecule has 126 valence electrons. The van der Waals surface area contributed by atoms with E-state index in [1.165, 1.54) is 12.8 Å². The number of carbonyl (C=O) groups is 1. The number of methoxy groups -OCH3 is 2. The number of hydrogen-bond donors (Lipinski definition) is 1. The number of rotatable bonds is 5. The van der Waals surface area contributed by atoms with Crippen molar-refractivity contribution in [2.24, 2.45) is 0 Å². The zero-order valence-corrected chi connectivity index (χ0v) is 14.1. The summed E-state index contributed by atoms with van der Waals surface area (Å²) in [6.07, 6.45) is 2.51. The van der Waals surface area contributed by atoms with Crippen molar-refractivity contribution in [1.82, 2.24) is 4.90 Å². The Balaban J connectivity index is 1.87. The van der Waals surface area contributed by atoms with E-state index in [-0.39, 0.29) is 11.9 Å². The molecule has 6 nitrogen and oxygen atoms in total. The van der Waals surface area contributed by atoms with Gasteiger partial charge in [-0.1, -0.05) is 0 Å². The molecule has 1 N–H and O–H groups in total. The lowest BCUT2D eigenvalue weighted by molar-refractivity contribution is -0.119. The van der Waals surface area contributed by atoms with Crippen molar-refractivity contribution in [3.05, 3.63) is 12.1 Å². The molecule has 2 aliphatic heterocycles. The maximum Gasteiger partial charge on any atom is 0.249 e. The molecular weight excluding hydrogens is 294 g/mol. The second-order valence-electron chi connectivity index (χ2n) is 6.13. The van der Waals surface area contributed by atoms with Gasteiger partial charge in [-0.3, -0.25) is 4.79 Å². The minimum Gasteiger partial charge on any atom is -0.493 e. The zero-order chi connectivity index (χ0) is 16.4. The topological polar surface area (TPSA) is 54.0 Å². The molecule has 2 aliphatic rings. The molecule has 23 heavy (non-hydrogen) atoms. The number of nitrogens with zero attached hydrogens (tertiary/aromatic N) is 2. The predicted molar refractivity (Wildman–Crippen MR) is 90.7 cm³/mol. The van der Waals surface area contributed by atoms with Crippen molar-refractivity contribution in [1.29, 1.82) is 0 Å². The highest BCUT2D eigenvalue weighted by Gasteiger charge is 2.31. The number of ether oxygens (including phenoxy) is 2. The van der Waals surface area contributed by atoms with Gasteiger partial charge in [0.15, 0.2) is 11.5 Å². The molecule has 3 rings (SSSR count). The largest absolute Gasteiger partial charge is 0.493 e. The van der Waals surface area contributed by atoms with Crippen LogP contribution in [0.1, 0.15) is 19.8 Å². The molecule has 0 aromatic heterocycles. The Morgan fingerprint density at radius 2 is 1.78 bits per heavy atom. The summed E-state index contributed by atoms with van der Waals surface area (Å²) in [5.41, 5.74) is 1.78. The number of fused-ring (bicyclic) bond motifs is 1. The second-order valence-corrected chi connectivity index (χ2v) is 6.13. The van der Waals surface area contributed by atoms with Crippen LogP contribution in [-0.2, 0) is 4.79 Å². The van der Waals surface area contributed by atoms with Crippen LogP contribution in [0.25, 0.3) is 0 Å². The van der Waals surface area contributed by atoms with Crippen LogP contribution in [0, 0.1) is 0 Å². The molecule has 1 fully saturated rings. The highest BCUT2D eigenvalue weighted by molar-refractivity contribution is 6.05. The Hall–Kier alpha value is -1.95. The Morgan fingerprint density at radius 1 is 1.13 bits per heavy atom. The average Bonchev–Trinajstić information content (AvgIpc) is 3.07. The summed E-state index contributed by atoms with van der Waals surface area (Å²) in [7, 11) is 3.23. The number of anilines is 2. The standard InChI is InChI=1S/C17H25N3O3/c1-12-17(21)20(9-8-19-6-4-5-7-19)14-11-16(23-3)15(22-2)10-13(14)18-12/h10-12,18H,4-9H2,1-3H3. The van der Waals surface area contributed by atoms with Gasteiger partial charge in [0.25, 0.3) is 0 Å². The van der Waals surface area contributed by atoms with Crippen LogP contribution in [0.5, 0.6) is 11.5 Å². The summed E-state index contributed by atoms with van der Waals surface area (Å²) in [5, 5.41) is 3.25. The van der Waals surface area contributed by atoms with Gasteiger partial charge in [-0.15, -0.1) is 0 Å². The maximum atomic E-state index is 12.6. The summed E-state index contributed by atoms with van der Waals surface area (Å²) in [6.45, 7) is 5.77. The fraction of sp³-hybridized carbons (Fsp3) is 0.588. The van der Waals surface area contributed by atoms with Crippen LogP contribution >= 0.6 is 0 Å². The molecule has 0 aliphatic carbocycles. The van der Waals surface area contributed by atoms with Gasteiger partial charge in [0.2, 0.25) is 5.91 Å². The minimum absolute atomic E-state index is 0.101. The monoisotopic (exact) mass is 319 g/mol. The van der Waals surface area contributed by atoms with E-state index in [0.29, 0.717) is 18.0 Å². The molecule has 0 spiro atoms. The lowest BCUT2D eigenvalue weighted by Crippen LogP contribution is -2.48. The van der Waals surface area contributed by atoms with Gasteiger partial charge in [-0.05, 0) is 32.9 Å². The van der Waals surface area contributed by atoms with Crippen LogP contribution in [0.3, 0.4) is 0 Å². The second kappa shape index (κ2) is 6.66. The van der Waals surface area contributed by atoms with Crippen molar-refractivity contribution < 1.29 is 14.3 Å². The summed E-state index contributed by atoms with van der Waals surface area (Å²) in [4.78, 5) is 16.9. The van der Waals surface area contributed by atoms with Crippen LogP contribution in [0.2, 0.25) is 0 Å². The number of hydrogen-bond acceptors (Lipinski definition) is 5. The van der Waals surface area contributed by atoms with Gasteiger partial charge in [-0.25, -0.2) is 0 Å². The van der Waals surface area contributed by atoms with Gasteiger partial charge < -0.3 is 24.6 Å². The molecule has 1 amide bonds. The molecule has 2 heterocycles. The first-order valence-corrected chi connectivity index (χ1v) is 8.20. The van der Waals surface area contributed by atoms with Crippen LogP contribution < -0.4 is 19.7 Å². The lowest BCUT2D eigenvalue weighted by Gasteiger charge is -2.35. The number of carbonyl (C=O) groups excluding carboxylic acids is 1. The van der Waals surface area contributed by atoms with Crippen molar-refractivity contribution in [2.45, 2.75) is 25.8 Å². The van der Waals surface area contributed by atoms with Gasteiger partial charge in [0.05, 0.1) is 25.6 Å². The quantitative estimate of drug-likeness (QED) is 0.899. The Bertz CT molecular complexity index is 585. The fourth-order valence-electron chi connectivity index (χ4n) is 3.33. The highest BCUT2D eigenvalue weighted by Crippen LogP contribution is 2.40. The first-order chi connectivity index (χ1) is 11.1. The Kier molecular flexibility index (Phi) is 4.61. The average molecular weight is 319 g/mol. The third-order valence-corrected chi connectivity index (χ3v) is 4.64. The van der Waals surface area contributed by atoms with Gasteiger partial charge in [-0.2, -0.15) is 0 Å². The van der Waals surface area contributed by atoms with Gasteiger partial charge >= 0.3 is 0 Å². The molecule has 1 unspecified atom stereocenters.